The molecule has 0 aliphatic rings. The van der Waals surface area contributed by atoms with Gasteiger partial charge in [-0.2, -0.15) is 0 Å². The average Bonchev–Trinajstić information content (AvgIpc) is 2.42. The van der Waals surface area contributed by atoms with Gasteiger partial charge in [0.1, 0.15) is 0 Å². The third kappa shape index (κ3) is 2.24. The molecule has 0 radical (unpaired) electrons. The molecule has 0 aliphatic heterocycles. The maximum absolute atomic E-state index is 12.0. The van der Waals surface area contributed by atoms with Crippen LogP contribution in [0.5, 0.6) is 0 Å². The van der Waals surface area contributed by atoms with Gasteiger partial charge in [0.15, 0.2) is 0 Å². The van der Waals surface area contributed by atoms with E-state index < -0.39 is 0 Å². The molecule has 2 nitrogen and oxygen atoms in total. The molecule has 0 atom stereocenters. The van der Waals surface area contributed by atoms with Crippen LogP contribution in [-0.2, 0) is 6.54 Å². The van der Waals surface area contributed by atoms with Crippen LogP contribution >= 0.6 is 0 Å². The van der Waals surface area contributed by atoms with Crippen LogP contribution in [0, 0.1) is 5.41 Å². The summed E-state index contributed by atoms with van der Waals surface area (Å²) in [4.78, 5) is 12.0. The van der Waals surface area contributed by atoms with Crippen molar-refractivity contribution in [2.75, 3.05) is 0 Å². The second-order valence-corrected chi connectivity index (χ2v) is 7.22. The predicted molar refractivity (Wildman–Crippen MR) is 64.6 cm³/mol. The first-order chi connectivity index (χ1) is 6.97. The molecule has 0 saturated heterocycles. The van der Waals surface area contributed by atoms with Gasteiger partial charge in [0.05, 0.1) is 0 Å². The second-order valence-electron chi connectivity index (χ2n) is 4.99. The third-order valence-electron chi connectivity index (χ3n) is 2.17. The summed E-state index contributed by atoms with van der Waals surface area (Å²) >= 11 is 0.182. The van der Waals surface area contributed by atoms with E-state index in [0.29, 0.717) is 0 Å². The topological polar surface area (TPSA) is 22.0 Å². The summed E-state index contributed by atoms with van der Waals surface area (Å²) in [5.74, 6) is 0. The van der Waals surface area contributed by atoms with Crippen molar-refractivity contribution in [2.45, 2.75) is 27.3 Å². The van der Waals surface area contributed by atoms with Crippen LogP contribution in [0.15, 0.2) is 29.1 Å². The predicted octanol–water partition coefficient (Wildman–Crippen LogP) is 2.10. The van der Waals surface area contributed by atoms with Gasteiger partial charge < -0.3 is 0 Å². The molecule has 3 heteroatoms. The Morgan fingerprint density at radius 2 is 1.93 bits per heavy atom. The summed E-state index contributed by atoms with van der Waals surface area (Å²) in [5.41, 5.74) is 0.389. The van der Waals surface area contributed by atoms with Crippen LogP contribution < -0.4 is 5.56 Å². The fraction of sp³-hybridized carbons (Fsp3) is 0.417. The Morgan fingerprint density at radius 3 is 2.53 bits per heavy atom. The normalized spacial score (nSPS) is 12.2. The first-order valence-electron chi connectivity index (χ1n) is 5.06. The van der Waals surface area contributed by atoms with Crippen LogP contribution in [0.2, 0.25) is 0 Å². The average molecular weight is 268 g/mol. The maximum atomic E-state index is 12.0. The molecule has 80 valence electrons. The van der Waals surface area contributed by atoms with E-state index in [-0.39, 0.29) is 25.7 Å². The van der Waals surface area contributed by atoms with E-state index in [9.17, 15) is 4.79 Å². The quantitative estimate of drug-likeness (QED) is 0.726. The van der Waals surface area contributed by atoms with Gasteiger partial charge in [-0.05, 0) is 0 Å². The molecule has 0 N–H and O–H groups in total. The van der Waals surface area contributed by atoms with Gasteiger partial charge in [-0.3, -0.25) is 0 Å². The Kier molecular flexibility index (Phi) is 2.61. The van der Waals surface area contributed by atoms with Gasteiger partial charge in [0, 0.05) is 0 Å². The summed E-state index contributed by atoms with van der Waals surface area (Å²) < 4.78 is 3.22. The summed E-state index contributed by atoms with van der Waals surface area (Å²) in [6.45, 7) is 7.35. The molecule has 0 unspecified atom stereocenters. The van der Waals surface area contributed by atoms with Crippen LogP contribution in [0.25, 0.3) is 9.65 Å². The Bertz CT molecular complexity index is 530. The van der Waals surface area contributed by atoms with Crippen LogP contribution in [0.1, 0.15) is 20.8 Å². The summed E-state index contributed by atoms with van der Waals surface area (Å²) in [6.07, 6.45) is 0. The molecular formula is C12H15NOSe. The van der Waals surface area contributed by atoms with Crippen molar-refractivity contribution in [3.8, 4) is 0 Å². The molecule has 0 fully saturated rings. The fourth-order valence-electron chi connectivity index (χ4n) is 1.55. The molecule has 0 spiro atoms. The Morgan fingerprint density at radius 1 is 1.27 bits per heavy atom. The van der Waals surface area contributed by atoms with Crippen LogP contribution in [-0.4, -0.2) is 18.3 Å². The van der Waals surface area contributed by atoms with Crippen molar-refractivity contribution in [1.82, 2.24) is 3.56 Å². The Hall–Kier alpha value is -0.791. The van der Waals surface area contributed by atoms with E-state index in [1.54, 1.807) is 0 Å². The number of hydrogen-bond donors (Lipinski definition) is 0. The SMILES string of the molecule is CC(C)(C)Cn1[se]c2ccccc2c1=O. The molecule has 0 bridgehead atoms. The van der Waals surface area contributed by atoms with Gasteiger partial charge in [0.25, 0.3) is 0 Å². The Balaban J connectivity index is 2.54. The van der Waals surface area contributed by atoms with Gasteiger partial charge in [-0.25, -0.2) is 0 Å². The van der Waals surface area contributed by atoms with Crippen molar-refractivity contribution in [3.63, 3.8) is 0 Å². The van der Waals surface area contributed by atoms with Gasteiger partial charge in [-0.1, -0.05) is 0 Å². The zero-order valence-electron chi connectivity index (χ0n) is 9.28. The molecule has 1 aromatic heterocycles. The molecule has 15 heavy (non-hydrogen) atoms. The van der Waals surface area contributed by atoms with Crippen molar-refractivity contribution in [3.05, 3.63) is 34.6 Å². The monoisotopic (exact) mass is 269 g/mol. The zero-order valence-corrected chi connectivity index (χ0v) is 11.0. The fourth-order valence-corrected chi connectivity index (χ4v) is 4.20. The van der Waals surface area contributed by atoms with E-state index >= 15 is 0 Å². The molecule has 0 aliphatic carbocycles. The number of benzene rings is 1. The third-order valence-corrected chi connectivity index (χ3v) is 4.41. The number of fused-ring (bicyclic) bond motifs is 1. The molecule has 2 aromatic rings. The van der Waals surface area contributed by atoms with Crippen molar-refractivity contribution < 1.29 is 0 Å². The van der Waals surface area contributed by atoms with Gasteiger partial charge in [0.2, 0.25) is 0 Å². The minimum atomic E-state index is 0.180. The first-order valence-corrected chi connectivity index (χ1v) is 6.68. The molecule has 0 amide bonds. The number of aromatic nitrogens is 1. The zero-order chi connectivity index (χ0) is 11.1. The van der Waals surface area contributed by atoms with Crippen molar-refractivity contribution >= 4 is 24.4 Å². The van der Waals surface area contributed by atoms with Crippen molar-refractivity contribution in [2.24, 2.45) is 5.41 Å². The molecule has 1 aromatic carbocycles. The summed E-state index contributed by atoms with van der Waals surface area (Å²) in [5, 5.41) is 0.904. The van der Waals surface area contributed by atoms with Crippen LogP contribution in [0.4, 0.5) is 0 Å². The van der Waals surface area contributed by atoms with Crippen LogP contribution in [0.3, 0.4) is 0 Å². The molecular weight excluding hydrogens is 253 g/mol. The van der Waals surface area contributed by atoms with E-state index in [1.165, 1.54) is 4.26 Å². The standard InChI is InChI=1S/C12H15NOSe/c1-12(2,3)8-13-11(14)9-6-4-5-7-10(9)15-13/h4-7H,8H2,1-3H3. The number of nitrogens with zero attached hydrogens (tertiary/aromatic N) is 1. The number of rotatable bonds is 1. The number of hydrogen-bond acceptors (Lipinski definition) is 1. The van der Waals surface area contributed by atoms with E-state index in [2.05, 4.69) is 26.8 Å². The van der Waals surface area contributed by atoms with Gasteiger partial charge >= 0.3 is 95.3 Å². The van der Waals surface area contributed by atoms with E-state index in [4.69, 9.17) is 0 Å². The minimum absolute atomic E-state index is 0.180. The first kappa shape index (κ1) is 10.7. The molecule has 2 rings (SSSR count). The summed E-state index contributed by atoms with van der Waals surface area (Å²) in [6, 6.07) is 7.94. The Labute approximate surface area is 95.5 Å². The summed E-state index contributed by atoms with van der Waals surface area (Å²) in [7, 11) is 0. The second kappa shape index (κ2) is 3.66. The van der Waals surface area contributed by atoms with Gasteiger partial charge in [-0.15, -0.1) is 0 Å². The van der Waals surface area contributed by atoms with E-state index in [0.717, 1.165) is 11.9 Å². The molecule has 1 heterocycles. The molecule has 0 saturated carbocycles. The van der Waals surface area contributed by atoms with E-state index in [1.807, 2.05) is 21.8 Å². The van der Waals surface area contributed by atoms with Crippen molar-refractivity contribution in [1.29, 1.82) is 0 Å².